The molecule has 0 aromatic carbocycles. The Morgan fingerprint density at radius 3 is 2.67 bits per heavy atom. The molecule has 0 aliphatic carbocycles. The molecule has 112 valence electrons. The largest absolute Gasteiger partial charge is 0.361 e. The molecule has 0 saturated carbocycles. The van der Waals surface area contributed by atoms with E-state index in [0.717, 1.165) is 17.5 Å². The second-order valence-corrected chi connectivity index (χ2v) is 5.56. The van der Waals surface area contributed by atoms with Crippen molar-refractivity contribution in [2.24, 2.45) is 14.1 Å². The number of carbonyl (C=O) groups is 1. The van der Waals surface area contributed by atoms with Gasteiger partial charge in [0.15, 0.2) is 0 Å². The lowest BCUT2D eigenvalue weighted by molar-refractivity contribution is -0.00561. The van der Waals surface area contributed by atoms with Gasteiger partial charge in [0, 0.05) is 33.0 Å². The Hall–Kier alpha value is -2.08. The molecule has 21 heavy (non-hydrogen) atoms. The van der Waals surface area contributed by atoms with Crippen molar-refractivity contribution in [2.45, 2.75) is 13.3 Å². The minimum Gasteiger partial charge on any atom is -0.361 e. The van der Waals surface area contributed by atoms with Gasteiger partial charge in [-0.15, -0.1) is 0 Å². The number of aryl methyl sites for hydroxylation is 3. The third-order valence-corrected chi connectivity index (χ3v) is 3.96. The van der Waals surface area contributed by atoms with Gasteiger partial charge in [0.05, 0.1) is 23.1 Å². The summed E-state index contributed by atoms with van der Waals surface area (Å²) in [5, 5.41) is 0.496. The van der Waals surface area contributed by atoms with Gasteiger partial charge in [0.25, 0.3) is 11.5 Å². The average molecular weight is 289 g/mol. The smallest absolute Gasteiger partial charge is 0.260 e. The minimum absolute atomic E-state index is 0.136. The van der Waals surface area contributed by atoms with E-state index in [2.05, 4.69) is 0 Å². The molecule has 3 heterocycles. The highest BCUT2D eigenvalue weighted by molar-refractivity contribution is 6.07. The van der Waals surface area contributed by atoms with Gasteiger partial charge in [-0.1, -0.05) is 0 Å². The normalized spacial score (nSPS) is 15.7. The average Bonchev–Trinajstić information content (AvgIpc) is 2.83. The van der Waals surface area contributed by atoms with Crippen LogP contribution < -0.4 is 5.56 Å². The molecule has 6 nitrogen and oxygen atoms in total. The van der Waals surface area contributed by atoms with Crippen LogP contribution in [0.4, 0.5) is 0 Å². The molecule has 0 atom stereocenters. The number of fused-ring (bicyclic) bond motifs is 1. The van der Waals surface area contributed by atoms with Crippen molar-refractivity contribution < 1.29 is 9.53 Å². The number of hydrogen-bond donors (Lipinski definition) is 0. The molecule has 1 amide bonds. The van der Waals surface area contributed by atoms with Gasteiger partial charge in [-0.3, -0.25) is 9.59 Å². The quantitative estimate of drug-likeness (QED) is 0.787. The van der Waals surface area contributed by atoms with Crippen LogP contribution in [0.2, 0.25) is 0 Å². The summed E-state index contributed by atoms with van der Waals surface area (Å²) in [6, 6.07) is 0. The van der Waals surface area contributed by atoms with Crippen LogP contribution in [0.15, 0.2) is 17.2 Å². The standard InChI is InChI=1S/C15H19N3O3/c1-10-7-17(3)15(20)12-11(8-16(2)13(10)12)14(19)18-5-4-6-21-9-18/h7-8H,4-6,9H2,1-3H3. The highest BCUT2D eigenvalue weighted by Crippen LogP contribution is 2.22. The van der Waals surface area contributed by atoms with Crippen LogP contribution in [0.1, 0.15) is 22.3 Å². The summed E-state index contributed by atoms with van der Waals surface area (Å²) in [5.41, 5.74) is 2.11. The number of carbonyl (C=O) groups excluding carboxylic acids is 1. The predicted molar refractivity (Wildman–Crippen MR) is 79.4 cm³/mol. The number of rotatable bonds is 1. The van der Waals surface area contributed by atoms with Gasteiger partial charge in [0.2, 0.25) is 0 Å². The summed E-state index contributed by atoms with van der Waals surface area (Å²) < 4.78 is 8.72. The predicted octanol–water partition coefficient (Wildman–Crippen LogP) is 1.01. The molecule has 1 aliphatic rings. The van der Waals surface area contributed by atoms with E-state index >= 15 is 0 Å². The van der Waals surface area contributed by atoms with Crippen LogP contribution in [-0.2, 0) is 18.8 Å². The monoisotopic (exact) mass is 289 g/mol. The van der Waals surface area contributed by atoms with Gasteiger partial charge < -0.3 is 18.8 Å². The molecule has 1 aliphatic heterocycles. The second-order valence-electron chi connectivity index (χ2n) is 5.56. The van der Waals surface area contributed by atoms with Crippen LogP contribution in [0, 0.1) is 6.92 Å². The van der Waals surface area contributed by atoms with E-state index in [1.165, 1.54) is 4.57 Å². The van der Waals surface area contributed by atoms with Crippen LogP contribution >= 0.6 is 0 Å². The highest BCUT2D eigenvalue weighted by atomic mass is 16.5. The maximum absolute atomic E-state index is 12.7. The molecule has 0 bridgehead atoms. The first-order valence-electron chi connectivity index (χ1n) is 7.03. The Labute approximate surface area is 122 Å². The van der Waals surface area contributed by atoms with Gasteiger partial charge in [-0.05, 0) is 18.9 Å². The van der Waals surface area contributed by atoms with Crippen molar-refractivity contribution in [1.82, 2.24) is 14.0 Å². The van der Waals surface area contributed by atoms with Crippen molar-refractivity contribution in [2.75, 3.05) is 19.9 Å². The zero-order valence-corrected chi connectivity index (χ0v) is 12.5. The lowest BCUT2D eigenvalue weighted by atomic mass is 10.1. The van der Waals surface area contributed by atoms with Gasteiger partial charge in [-0.2, -0.15) is 0 Å². The fourth-order valence-corrected chi connectivity index (χ4v) is 2.99. The summed E-state index contributed by atoms with van der Waals surface area (Å²) in [6.07, 6.45) is 4.37. The summed E-state index contributed by atoms with van der Waals surface area (Å²) >= 11 is 0. The first kappa shape index (κ1) is 13.9. The highest BCUT2D eigenvalue weighted by Gasteiger charge is 2.24. The summed E-state index contributed by atoms with van der Waals surface area (Å²) in [5.74, 6) is -0.136. The minimum atomic E-state index is -0.141. The zero-order valence-electron chi connectivity index (χ0n) is 12.5. The maximum atomic E-state index is 12.7. The Balaban J connectivity index is 2.19. The van der Waals surface area contributed by atoms with Crippen LogP contribution in [0.5, 0.6) is 0 Å². The molecule has 6 heteroatoms. The third kappa shape index (κ3) is 2.15. The Bertz CT molecular complexity index is 767. The van der Waals surface area contributed by atoms with Crippen LogP contribution in [-0.4, -0.2) is 39.8 Å². The molecular weight excluding hydrogens is 270 g/mol. The topological polar surface area (TPSA) is 56.5 Å². The number of aromatic nitrogens is 2. The molecule has 0 radical (unpaired) electrons. The lowest BCUT2D eigenvalue weighted by Gasteiger charge is -2.26. The van der Waals surface area contributed by atoms with Gasteiger partial charge >= 0.3 is 0 Å². The van der Waals surface area contributed by atoms with Crippen molar-refractivity contribution >= 4 is 16.8 Å². The summed E-state index contributed by atoms with van der Waals surface area (Å²) in [6.45, 7) is 3.59. The van der Waals surface area contributed by atoms with Crippen LogP contribution in [0.25, 0.3) is 10.9 Å². The molecule has 0 unspecified atom stereocenters. The van der Waals surface area contributed by atoms with Crippen molar-refractivity contribution in [3.8, 4) is 0 Å². The van der Waals surface area contributed by atoms with E-state index in [0.29, 0.717) is 30.8 Å². The Kier molecular flexibility index (Phi) is 3.33. The Morgan fingerprint density at radius 2 is 2.00 bits per heavy atom. The number of pyridine rings is 1. The molecule has 0 spiro atoms. The van der Waals surface area contributed by atoms with E-state index < -0.39 is 0 Å². The molecule has 1 saturated heterocycles. The van der Waals surface area contributed by atoms with Gasteiger partial charge in [0.1, 0.15) is 6.73 Å². The van der Waals surface area contributed by atoms with E-state index in [9.17, 15) is 9.59 Å². The second kappa shape index (κ2) is 5.04. The number of ether oxygens (including phenoxy) is 1. The molecule has 2 aromatic rings. The van der Waals surface area contributed by atoms with Gasteiger partial charge in [-0.25, -0.2) is 0 Å². The van der Waals surface area contributed by atoms with Crippen LogP contribution in [0.3, 0.4) is 0 Å². The summed E-state index contributed by atoms with van der Waals surface area (Å²) in [4.78, 5) is 26.8. The first-order valence-corrected chi connectivity index (χ1v) is 7.03. The number of amides is 1. The number of hydrogen-bond acceptors (Lipinski definition) is 3. The van der Waals surface area contributed by atoms with Crippen molar-refractivity contribution in [1.29, 1.82) is 0 Å². The molecular formula is C15H19N3O3. The lowest BCUT2D eigenvalue weighted by Crippen LogP contribution is -2.38. The molecule has 2 aromatic heterocycles. The van der Waals surface area contributed by atoms with Crippen molar-refractivity contribution in [3.05, 3.63) is 33.9 Å². The summed E-state index contributed by atoms with van der Waals surface area (Å²) in [7, 11) is 3.57. The SMILES string of the molecule is Cc1cn(C)c(=O)c2c(C(=O)N3CCCOC3)cn(C)c12. The van der Waals surface area contributed by atoms with E-state index in [1.807, 2.05) is 18.5 Å². The zero-order chi connectivity index (χ0) is 15.1. The van der Waals surface area contributed by atoms with Crippen molar-refractivity contribution in [3.63, 3.8) is 0 Å². The molecule has 3 rings (SSSR count). The van der Waals surface area contributed by atoms with E-state index in [1.54, 1.807) is 24.3 Å². The molecule has 1 fully saturated rings. The van der Waals surface area contributed by atoms with E-state index in [-0.39, 0.29) is 11.5 Å². The third-order valence-electron chi connectivity index (χ3n) is 3.96. The van der Waals surface area contributed by atoms with E-state index in [4.69, 9.17) is 4.74 Å². The fourth-order valence-electron chi connectivity index (χ4n) is 2.99. The molecule has 0 N–H and O–H groups in total. The Morgan fingerprint density at radius 1 is 1.24 bits per heavy atom. The first-order chi connectivity index (χ1) is 10.0. The number of nitrogens with zero attached hydrogens (tertiary/aromatic N) is 3. The fraction of sp³-hybridized carbons (Fsp3) is 0.467. The maximum Gasteiger partial charge on any atom is 0.260 e.